The second-order valence-electron chi connectivity index (χ2n) is 3.50. The zero-order chi connectivity index (χ0) is 5.19. The summed E-state index contributed by atoms with van der Waals surface area (Å²) in [5.41, 5.74) is 0.819. The van der Waals surface area contributed by atoms with E-state index in [4.69, 9.17) is 0 Å². The van der Waals surface area contributed by atoms with Crippen LogP contribution in [0.2, 0.25) is 0 Å². The predicted molar refractivity (Wildman–Crippen MR) is 32.4 cm³/mol. The van der Waals surface area contributed by atoms with Gasteiger partial charge in [0, 0.05) is 0 Å². The lowest BCUT2D eigenvalue weighted by Crippen LogP contribution is -2.09. The highest BCUT2D eigenvalue weighted by Crippen LogP contribution is 2.76. The van der Waals surface area contributed by atoms with E-state index in [1.54, 1.807) is 0 Å². The maximum Gasteiger partial charge on any atom is -0.00527 e. The van der Waals surface area contributed by atoms with E-state index < -0.39 is 0 Å². The van der Waals surface area contributed by atoms with Gasteiger partial charge in [0.05, 0.1) is 0 Å². The topological polar surface area (TPSA) is 0 Å². The summed E-state index contributed by atoms with van der Waals surface area (Å²) in [5.74, 6) is 2.29. The molecule has 3 aliphatic rings. The normalized spacial score (nSPS) is 64.0. The van der Waals surface area contributed by atoms with Crippen LogP contribution < -0.4 is 0 Å². The first-order chi connectivity index (χ1) is 3.93. The Hall–Kier alpha value is -0.260. The van der Waals surface area contributed by atoms with Gasteiger partial charge in [0.1, 0.15) is 0 Å². The molecule has 3 aliphatic carbocycles. The average molecular weight is 106 g/mol. The molecule has 0 aromatic carbocycles. The number of hydrogen-bond donors (Lipinski definition) is 0. The second-order valence-corrected chi connectivity index (χ2v) is 3.50. The van der Waals surface area contributed by atoms with Gasteiger partial charge in [0.2, 0.25) is 0 Å². The third kappa shape index (κ3) is 0.180. The van der Waals surface area contributed by atoms with Crippen molar-refractivity contribution in [3.05, 3.63) is 12.2 Å². The van der Waals surface area contributed by atoms with Gasteiger partial charge in [-0.25, -0.2) is 0 Å². The Morgan fingerprint density at radius 1 is 1.38 bits per heavy atom. The maximum absolute atomic E-state index is 2.48. The first-order valence-electron chi connectivity index (χ1n) is 3.61. The molecule has 0 amide bonds. The van der Waals surface area contributed by atoms with Gasteiger partial charge in [-0.15, -0.1) is 0 Å². The molecule has 8 heavy (non-hydrogen) atoms. The van der Waals surface area contributed by atoms with Crippen LogP contribution in [0.15, 0.2) is 12.2 Å². The van der Waals surface area contributed by atoms with E-state index >= 15 is 0 Å². The van der Waals surface area contributed by atoms with Crippen LogP contribution in [0.25, 0.3) is 0 Å². The quantitative estimate of drug-likeness (QED) is 0.414. The third-order valence-corrected chi connectivity index (χ3v) is 3.46. The summed E-state index contributed by atoms with van der Waals surface area (Å²) in [4.78, 5) is 0. The van der Waals surface area contributed by atoms with Crippen LogP contribution in [-0.2, 0) is 0 Å². The molecule has 2 saturated carbocycles. The lowest BCUT2D eigenvalue weighted by Gasteiger charge is -2.19. The van der Waals surface area contributed by atoms with Crippen LogP contribution >= 0.6 is 0 Å². The zero-order valence-corrected chi connectivity index (χ0v) is 4.93. The van der Waals surface area contributed by atoms with Gasteiger partial charge in [-0.1, -0.05) is 12.2 Å². The molecule has 1 spiro atoms. The molecule has 3 unspecified atom stereocenters. The minimum absolute atomic E-state index is 0.819. The molecule has 0 aliphatic heterocycles. The number of allylic oxidation sites excluding steroid dienone is 2. The summed E-state index contributed by atoms with van der Waals surface area (Å²) in [6, 6.07) is 0. The molecule has 0 heteroatoms. The van der Waals surface area contributed by atoms with Gasteiger partial charge >= 0.3 is 0 Å². The van der Waals surface area contributed by atoms with Crippen LogP contribution in [0, 0.1) is 17.3 Å². The van der Waals surface area contributed by atoms with Crippen LogP contribution in [0.1, 0.15) is 19.3 Å². The van der Waals surface area contributed by atoms with Gasteiger partial charge in [-0.2, -0.15) is 0 Å². The predicted octanol–water partition coefficient (Wildman–Crippen LogP) is 1.97. The van der Waals surface area contributed by atoms with E-state index in [0.29, 0.717) is 0 Å². The summed E-state index contributed by atoms with van der Waals surface area (Å²) < 4.78 is 0. The van der Waals surface area contributed by atoms with Gasteiger partial charge in [-0.3, -0.25) is 0 Å². The highest BCUT2D eigenvalue weighted by atomic mass is 14.7. The van der Waals surface area contributed by atoms with Crippen molar-refractivity contribution in [1.82, 2.24) is 0 Å². The molecule has 3 atom stereocenters. The highest BCUT2D eigenvalue weighted by molar-refractivity contribution is 5.31. The molecule has 2 fully saturated rings. The Kier molecular flexibility index (Phi) is 0.367. The summed E-state index contributed by atoms with van der Waals surface area (Å²) in [6.45, 7) is 0. The Balaban J connectivity index is 2.11. The largest absolute Gasteiger partial charge is 0.0876 e. The second kappa shape index (κ2) is 0.792. The Bertz CT molecular complexity index is 169. The fraction of sp³-hybridized carbons (Fsp3) is 0.750. The van der Waals surface area contributed by atoms with Crippen LogP contribution in [-0.4, -0.2) is 0 Å². The van der Waals surface area contributed by atoms with Gasteiger partial charge < -0.3 is 0 Å². The zero-order valence-electron chi connectivity index (χ0n) is 4.93. The fourth-order valence-corrected chi connectivity index (χ4v) is 2.81. The van der Waals surface area contributed by atoms with Crippen molar-refractivity contribution in [2.24, 2.45) is 17.3 Å². The molecule has 0 aromatic heterocycles. The number of rotatable bonds is 0. The molecule has 0 radical (unpaired) electrons. The Morgan fingerprint density at radius 3 is 2.75 bits per heavy atom. The minimum atomic E-state index is 0.819. The van der Waals surface area contributed by atoms with Crippen LogP contribution in [0.5, 0.6) is 0 Å². The number of hydrogen-bond acceptors (Lipinski definition) is 0. The van der Waals surface area contributed by atoms with Crippen molar-refractivity contribution in [2.45, 2.75) is 19.3 Å². The van der Waals surface area contributed by atoms with Crippen LogP contribution in [0.4, 0.5) is 0 Å². The summed E-state index contributed by atoms with van der Waals surface area (Å²) in [5, 5.41) is 0. The van der Waals surface area contributed by atoms with E-state index in [1.807, 2.05) is 0 Å². The SMILES string of the molecule is C1=CC23CCC2C3C1. The Labute approximate surface area is 49.6 Å². The third-order valence-electron chi connectivity index (χ3n) is 3.46. The molecular formula is C8H10. The van der Waals surface area contributed by atoms with E-state index in [-0.39, 0.29) is 0 Å². The first-order valence-corrected chi connectivity index (χ1v) is 3.61. The molecule has 0 bridgehead atoms. The van der Waals surface area contributed by atoms with Crippen molar-refractivity contribution in [3.63, 3.8) is 0 Å². The Morgan fingerprint density at radius 2 is 2.38 bits per heavy atom. The van der Waals surface area contributed by atoms with Gasteiger partial charge in [0.15, 0.2) is 0 Å². The van der Waals surface area contributed by atoms with Crippen molar-refractivity contribution < 1.29 is 0 Å². The molecule has 0 nitrogen and oxygen atoms in total. The van der Waals surface area contributed by atoms with E-state index in [9.17, 15) is 0 Å². The van der Waals surface area contributed by atoms with Crippen molar-refractivity contribution in [3.8, 4) is 0 Å². The van der Waals surface area contributed by atoms with Gasteiger partial charge in [0.25, 0.3) is 0 Å². The van der Waals surface area contributed by atoms with Crippen molar-refractivity contribution in [1.29, 1.82) is 0 Å². The molecule has 0 saturated heterocycles. The standard InChI is InChI=1S/C8H10/c1-2-6-7-3-5-8(6,7)4-1/h1,4,6-7H,2-3,5H2. The first kappa shape index (κ1) is 3.71. The summed E-state index contributed by atoms with van der Waals surface area (Å²) in [6.07, 6.45) is 9.31. The molecular weight excluding hydrogens is 96.1 g/mol. The van der Waals surface area contributed by atoms with E-state index in [0.717, 1.165) is 17.3 Å². The lowest BCUT2D eigenvalue weighted by molar-refractivity contribution is 0.369. The molecule has 0 heterocycles. The molecule has 42 valence electrons. The molecule has 0 N–H and O–H groups in total. The monoisotopic (exact) mass is 106 g/mol. The van der Waals surface area contributed by atoms with Crippen molar-refractivity contribution >= 4 is 0 Å². The minimum Gasteiger partial charge on any atom is -0.0876 e. The molecule has 0 aromatic rings. The fourth-order valence-electron chi connectivity index (χ4n) is 2.81. The summed E-state index contributed by atoms with van der Waals surface area (Å²) >= 11 is 0. The van der Waals surface area contributed by atoms with Crippen LogP contribution in [0.3, 0.4) is 0 Å². The maximum atomic E-state index is 2.48. The van der Waals surface area contributed by atoms with Crippen molar-refractivity contribution in [2.75, 3.05) is 0 Å². The van der Waals surface area contributed by atoms with E-state index in [1.165, 1.54) is 19.3 Å². The smallest absolute Gasteiger partial charge is 0.00527 e. The average Bonchev–Trinajstić information content (AvgIpc) is 2.20. The van der Waals surface area contributed by atoms with Gasteiger partial charge in [-0.05, 0) is 36.5 Å². The highest BCUT2D eigenvalue weighted by Gasteiger charge is 2.69. The lowest BCUT2D eigenvalue weighted by atomic mass is 9.85. The summed E-state index contributed by atoms with van der Waals surface area (Å²) in [7, 11) is 0. The number of fused-ring (bicyclic) bond motifs is 1. The molecule has 3 rings (SSSR count). The van der Waals surface area contributed by atoms with E-state index in [2.05, 4.69) is 12.2 Å².